The molecular formula is C19H28N2O. The minimum Gasteiger partial charge on any atom is -0.325 e. The molecule has 3 nitrogen and oxygen atoms in total. The number of anilines is 1. The van der Waals surface area contributed by atoms with Gasteiger partial charge in [0.1, 0.15) is 0 Å². The molecule has 2 fully saturated rings. The van der Waals surface area contributed by atoms with Crippen LogP contribution in [0.15, 0.2) is 18.2 Å². The molecule has 0 unspecified atom stereocenters. The normalized spacial score (nSPS) is 25.5. The Balaban J connectivity index is 1.61. The van der Waals surface area contributed by atoms with E-state index in [1.54, 1.807) is 0 Å². The second-order valence-corrected chi connectivity index (χ2v) is 7.09. The van der Waals surface area contributed by atoms with Gasteiger partial charge in [0.05, 0.1) is 6.54 Å². The minimum atomic E-state index is 0.137. The fraction of sp³-hybridized carbons (Fsp3) is 0.632. The molecule has 0 aromatic heterocycles. The first-order valence-corrected chi connectivity index (χ1v) is 8.74. The zero-order valence-electron chi connectivity index (χ0n) is 13.9. The third-order valence-corrected chi connectivity index (χ3v) is 5.36. The second kappa shape index (κ2) is 6.82. The summed E-state index contributed by atoms with van der Waals surface area (Å²) in [6, 6.07) is 6.84. The van der Waals surface area contributed by atoms with Gasteiger partial charge in [-0.2, -0.15) is 0 Å². The molecule has 1 aliphatic carbocycles. The number of likely N-dealkylation sites (tertiary alicyclic amines) is 1. The quantitative estimate of drug-likeness (QED) is 0.918. The predicted molar refractivity (Wildman–Crippen MR) is 91.1 cm³/mol. The van der Waals surface area contributed by atoms with Crippen molar-refractivity contribution in [2.45, 2.75) is 58.4 Å². The molecule has 3 heteroatoms. The van der Waals surface area contributed by atoms with E-state index in [9.17, 15) is 4.79 Å². The third-order valence-electron chi connectivity index (χ3n) is 5.36. The Morgan fingerprint density at radius 3 is 2.77 bits per heavy atom. The van der Waals surface area contributed by atoms with Gasteiger partial charge in [-0.25, -0.2) is 0 Å². The van der Waals surface area contributed by atoms with Crippen molar-refractivity contribution in [3.05, 3.63) is 29.3 Å². The molecule has 1 heterocycles. The van der Waals surface area contributed by atoms with Gasteiger partial charge >= 0.3 is 0 Å². The average Bonchev–Trinajstić information content (AvgIpc) is 2.50. The monoisotopic (exact) mass is 300 g/mol. The summed E-state index contributed by atoms with van der Waals surface area (Å²) < 4.78 is 0. The van der Waals surface area contributed by atoms with Crippen molar-refractivity contribution >= 4 is 11.6 Å². The van der Waals surface area contributed by atoms with Gasteiger partial charge < -0.3 is 5.32 Å². The lowest BCUT2D eigenvalue weighted by Gasteiger charge is -2.43. The topological polar surface area (TPSA) is 32.3 Å². The van der Waals surface area contributed by atoms with Crippen LogP contribution in [0.2, 0.25) is 0 Å². The summed E-state index contributed by atoms with van der Waals surface area (Å²) in [6.07, 6.45) is 7.96. The van der Waals surface area contributed by atoms with Crippen LogP contribution in [0.5, 0.6) is 0 Å². The highest BCUT2D eigenvalue weighted by Crippen LogP contribution is 2.35. The lowest BCUT2D eigenvalue weighted by atomic mass is 9.78. The van der Waals surface area contributed by atoms with Gasteiger partial charge in [-0.05, 0) is 63.6 Å². The maximum absolute atomic E-state index is 12.4. The van der Waals surface area contributed by atoms with Crippen molar-refractivity contribution in [3.63, 3.8) is 0 Å². The fourth-order valence-corrected chi connectivity index (χ4v) is 4.25. The first kappa shape index (κ1) is 15.5. The molecule has 1 aromatic carbocycles. The Morgan fingerprint density at radius 1 is 1.18 bits per heavy atom. The molecule has 1 aliphatic heterocycles. The maximum atomic E-state index is 12.4. The van der Waals surface area contributed by atoms with Crippen molar-refractivity contribution < 1.29 is 4.79 Å². The van der Waals surface area contributed by atoms with E-state index >= 15 is 0 Å². The Kier molecular flexibility index (Phi) is 4.82. The van der Waals surface area contributed by atoms with E-state index < -0.39 is 0 Å². The molecule has 1 amide bonds. The van der Waals surface area contributed by atoms with Crippen LogP contribution in [0, 0.1) is 19.8 Å². The highest BCUT2D eigenvalue weighted by atomic mass is 16.2. The average molecular weight is 300 g/mol. The van der Waals surface area contributed by atoms with Crippen molar-refractivity contribution in [2.75, 3.05) is 18.4 Å². The summed E-state index contributed by atoms with van der Waals surface area (Å²) in [4.78, 5) is 14.9. The Bertz CT molecular complexity index is 538. The van der Waals surface area contributed by atoms with Crippen LogP contribution >= 0.6 is 0 Å². The van der Waals surface area contributed by atoms with Crippen molar-refractivity contribution in [1.82, 2.24) is 4.90 Å². The van der Waals surface area contributed by atoms with Crippen LogP contribution in [0.3, 0.4) is 0 Å². The van der Waals surface area contributed by atoms with Crippen molar-refractivity contribution in [3.8, 4) is 0 Å². The molecular weight excluding hydrogens is 272 g/mol. The van der Waals surface area contributed by atoms with E-state index in [0.29, 0.717) is 12.6 Å². The standard InChI is InChI=1S/C19H28N2O/c1-14-9-10-17(15(2)12-14)20-19(22)13-21-11-5-7-16-6-3-4-8-18(16)21/h9-10,12,16,18H,3-8,11,13H2,1-2H3,(H,20,22)/t16-,18-/m0/s1. The van der Waals surface area contributed by atoms with E-state index in [4.69, 9.17) is 0 Å². The van der Waals surface area contributed by atoms with Gasteiger partial charge in [0.15, 0.2) is 0 Å². The second-order valence-electron chi connectivity index (χ2n) is 7.09. The van der Waals surface area contributed by atoms with Gasteiger partial charge in [-0.3, -0.25) is 9.69 Å². The number of fused-ring (bicyclic) bond motifs is 1. The predicted octanol–water partition coefficient (Wildman–Crippen LogP) is 3.90. The summed E-state index contributed by atoms with van der Waals surface area (Å²) in [7, 11) is 0. The van der Waals surface area contributed by atoms with Crippen molar-refractivity contribution in [2.24, 2.45) is 5.92 Å². The lowest BCUT2D eigenvalue weighted by Crippen LogP contribution is -2.49. The first-order chi connectivity index (χ1) is 10.6. The summed E-state index contributed by atoms with van der Waals surface area (Å²) in [6.45, 7) is 5.77. The number of hydrogen-bond donors (Lipinski definition) is 1. The molecule has 0 spiro atoms. The number of aryl methyl sites for hydroxylation is 2. The number of carbonyl (C=O) groups is 1. The van der Waals surface area contributed by atoms with Crippen LogP contribution in [0.25, 0.3) is 0 Å². The molecule has 3 rings (SSSR count). The number of nitrogens with one attached hydrogen (secondary N) is 1. The molecule has 2 atom stereocenters. The highest BCUT2D eigenvalue weighted by Gasteiger charge is 2.33. The van der Waals surface area contributed by atoms with Gasteiger partial charge in [0.25, 0.3) is 0 Å². The van der Waals surface area contributed by atoms with Crippen LogP contribution in [0.1, 0.15) is 49.7 Å². The SMILES string of the molecule is Cc1ccc(NC(=O)CN2CCC[C@@H]3CCCC[C@@H]32)c(C)c1. The molecule has 1 aromatic rings. The third kappa shape index (κ3) is 3.52. The van der Waals surface area contributed by atoms with Gasteiger partial charge in [0, 0.05) is 11.7 Å². The van der Waals surface area contributed by atoms with E-state index in [0.717, 1.165) is 23.7 Å². The molecule has 120 valence electrons. The first-order valence-electron chi connectivity index (χ1n) is 8.74. The summed E-state index contributed by atoms with van der Waals surface area (Å²) in [5.41, 5.74) is 3.33. The Morgan fingerprint density at radius 2 is 1.95 bits per heavy atom. The van der Waals surface area contributed by atoms with E-state index in [-0.39, 0.29) is 5.91 Å². The Hall–Kier alpha value is -1.35. The smallest absolute Gasteiger partial charge is 0.238 e. The number of hydrogen-bond acceptors (Lipinski definition) is 2. The zero-order chi connectivity index (χ0) is 15.5. The number of piperidine rings is 1. The lowest BCUT2D eigenvalue weighted by molar-refractivity contribution is -0.118. The summed E-state index contributed by atoms with van der Waals surface area (Å²) in [5, 5.41) is 3.10. The van der Waals surface area contributed by atoms with Crippen molar-refractivity contribution in [1.29, 1.82) is 0 Å². The van der Waals surface area contributed by atoms with Crippen LogP contribution in [-0.4, -0.2) is 29.9 Å². The molecule has 2 aliphatic rings. The zero-order valence-corrected chi connectivity index (χ0v) is 13.9. The number of benzene rings is 1. The molecule has 22 heavy (non-hydrogen) atoms. The Labute approximate surface area is 134 Å². The number of amides is 1. The van der Waals surface area contributed by atoms with E-state index in [1.807, 2.05) is 6.07 Å². The molecule has 0 radical (unpaired) electrons. The largest absolute Gasteiger partial charge is 0.325 e. The van der Waals surface area contributed by atoms with Gasteiger partial charge in [-0.15, -0.1) is 0 Å². The minimum absolute atomic E-state index is 0.137. The maximum Gasteiger partial charge on any atom is 0.238 e. The van der Waals surface area contributed by atoms with Crippen LogP contribution in [0.4, 0.5) is 5.69 Å². The van der Waals surface area contributed by atoms with E-state index in [2.05, 4.69) is 36.2 Å². The summed E-state index contributed by atoms with van der Waals surface area (Å²) in [5.74, 6) is 0.967. The molecule has 1 saturated carbocycles. The van der Waals surface area contributed by atoms with E-state index in [1.165, 1.54) is 44.1 Å². The van der Waals surface area contributed by atoms with Gasteiger partial charge in [0.2, 0.25) is 5.91 Å². The van der Waals surface area contributed by atoms with Crippen LogP contribution < -0.4 is 5.32 Å². The number of carbonyl (C=O) groups excluding carboxylic acids is 1. The highest BCUT2D eigenvalue weighted by molar-refractivity contribution is 5.93. The number of rotatable bonds is 3. The van der Waals surface area contributed by atoms with Crippen LogP contribution in [-0.2, 0) is 4.79 Å². The van der Waals surface area contributed by atoms with Gasteiger partial charge in [-0.1, -0.05) is 30.5 Å². The fourth-order valence-electron chi connectivity index (χ4n) is 4.25. The molecule has 0 bridgehead atoms. The number of nitrogens with zero attached hydrogens (tertiary/aromatic N) is 1. The summed E-state index contributed by atoms with van der Waals surface area (Å²) >= 11 is 0. The molecule has 1 N–H and O–H groups in total. The molecule has 1 saturated heterocycles.